The van der Waals surface area contributed by atoms with Gasteiger partial charge in [0.25, 0.3) is 0 Å². The van der Waals surface area contributed by atoms with Gasteiger partial charge in [-0.25, -0.2) is 9.37 Å². The predicted octanol–water partition coefficient (Wildman–Crippen LogP) is 2.98. The Bertz CT molecular complexity index is 540. The molecule has 0 spiro atoms. The Morgan fingerprint density at radius 1 is 1.29 bits per heavy atom. The minimum atomic E-state index is -0.277. The zero-order valence-electron chi connectivity index (χ0n) is 9.30. The Labute approximate surface area is 98.6 Å². The van der Waals surface area contributed by atoms with Crippen molar-refractivity contribution in [3.8, 4) is 5.88 Å². The summed E-state index contributed by atoms with van der Waals surface area (Å²) in [6.07, 6.45) is 3.20. The van der Waals surface area contributed by atoms with E-state index in [1.54, 1.807) is 43.8 Å². The largest absolute Gasteiger partial charge is 0.481 e. The van der Waals surface area contributed by atoms with Crippen molar-refractivity contribution in [1.82, 2.24) is 4.98 Å². The Kier molecular flexibility index (Phi) is 3.45. The highest BCUT2D eigenvalue weighted by Crippen LogP contribution is 2.16. The molecule has 0 unspecified atom stereocenters. The molecule has 0 aliphatic carbocycles. The van der Waals surface area contributed by atoms with Crippen molar-refractivity contribution in [2.45, 2.75) is 0 Å². The van der Waals surface area contributed by atoms with E-state index in [9.17, 15) is 4.39 Å². The van der Waals surface area contributed by atoms with Gasteiger partial charge in [-0.3, -0.25) is 4.99 Å². The summed E-state index contributed by atoms with van der Waals surface area (Å²) in [6, 6.07) is 9.69. The zero-order chi connectivity index (χ0) is 12.1. The lowest BCUT2D eigenvalue weighted by Gasteiger charge is -1.98. The van der Waals surface area contributed by atoms with Gasteiger partial charge >= 0.3 is 0 Å². The second kappa shape index (κ2) is 5.21. The lowest BCUT2D eigenvalue weighted by molar-refractivity contribution is 0.398. The van der Waals surface area contributed by atoms with Gasteiger partial charge in [-0.05, 0) is 23.8 Å². The number of rotatable bonds is 3. The molecule has 0 bridgehead atoms. The van der Waals surface area contributed by atoms with Gasteiger partial charge in [-0.15, -0.1) is 0 Å². The number of hydrogen-bond donors (Lipinski definition) is 0. The molecule has 0 aliphatic heterocycles. The highest BCUT2D eigenvalue weighted by Gasteiger charge is 1.95. The second-order valence-electron chi connectivity index (χ2n) is 3.37. The minimum Gasteiger partial charge on any atom is -0.481 e. The van der Waals surface area contributed by atoms with Crippen LogP contribution in [0.5, 0.6) is 5.88 Å². The van der Waals surface area contributed by atoms with E-state index in [1.165, 1.54) is 12.1 Å². The Balaban J connectivity index is 2.19. The van der Waals surface area contributed by atoms with Crippen molar-refractivity contribution >= 4 is 11.9 Å². The van der Waals surface area contributed by atoms with Crippen molar-refractivity contribution in [3.63, 3.8) is 0 Å². The molecule has 17 heavy (non-hydrogen) atoms. The molecule has 0 amide bonds. The second-order valence-corrected chi connectivity index (χ2v) is 3.37. The Morgan fingerprint density at radius 2 is 2.18 bits per heavy atom. The van der Waals surface area contributed by atoms with Crippen LogP contribution in [0.3, 0.4) is 0 Å². The summed E-state index contributed by atoms with van der Waals surface area (Å²) in [4.78, 5) is 8.19. The van der Waals surface area contributed by atoms with Gasteiger partial charge in [0, 0.05) is 18.5 Å². The van der Waals surface area contributed by atoms with Gasteiger partial charge in [0.1, 0.15) is 5.82 Å². The molecule has 0 saturated heterocycles. The maximum Gasteiger partial charge on any atom is 0.215 e. The van der Waals surface area contributed by atoms with E-state index in [0.717, 1.165) is 0 Å². The van der Waals surface area contributed by atoms with Crippen LogP contribution >= 0.6 is 0 Å². The minimum absolute atomic E-state index is 0.277. The fourth-order valence-electron chi connectivity index (χ4n) is 1.33. The Hall–Kier alpha value is -2.23. The summed E-state index contributed by atoms with van der Waals surface area (Å²) in [5.74, 6) is 0.222. The molecular formula is C13H11FN2O. The normalized spacial score (nSPS) is 10.7. The number of nitrogens with zero attached hydrogens (tertiary/aromatic N) is 2. The Morgan fingerprint density at radius 3 is 2.94 bits per heavy atom. The monoisotopic (exact) mass is 230 g/mol. The quantitative estimate of drug-likeness (QED) is 0.760. The molecule has 0 radical (unpaired) electrons. The van der Waals surface area contributed by atoms with Crippen LogP contribution in [-0.2, 0) is 0 Å². The molecule has 1 aromatic carbocycles. The fourth-order valence-corrected chi connectivity index (χ4v) is 1.33. The lowest BCUT2D eigenvalue weighted by atomic mass is 10.2. The van der Waals surface area contributed by atoms with E-state index in [1.807, 2.05) is 0 Å². The van der Waals surface area contributed by atoms with E-state index >= 15 is 0 Å². The number of aromatic nitrogens is 1. The van der Waals surface area contributed by atoms with Gasteiger partial charge < -0.3 is 4.74 Å². The van der Waals surface area contributed by atoms with Crippen molar-refractivity contribution in [2.24, 2.45) is 4.99 Å². The third kappa shape index (κ3) is 3.11. The van der Waals surface area contributed by atoms with Gasteiger partial charge in [0.05, 0.1) is 12.8 Å². The number of benzene rings is 1. The summed E-state index contributed by atoms with van der Waals surface area (Å²) < 4.78 is 17.9. The van der Waals surface area contributed by atoms with Crippen LogP contribution in [0.1, 0.15) is 5.56 Å². The van der Waals surface area contributed by atoms with E-state index < -0.39 is 0 Å². The maximum atomic E-state index is 12.9. The van der Waals surface area contributed by atoms with Crippen LogP contribution in [0, 0.1) is 5.82 Å². The molecule has 0 atom stereocenters. The molecule has 3 nitrogen and oxygen atoms in total. The summed E-state index contributed by atoms with van der Waals surface area (Å²) in [5, 5.41) is 0. The standard InChI is InChI=1S/C13H11FN2O/c1-17-13-8-12(5-6-15-13)16-9-10-3-2-4-11(14)7-10/h2-9H,1H3/b16-9+. The molecule has 0 N–H and O–H groups in total. The molecule has 0 saturated carbocycles. The summed E-state index contributed by atoms with van der Waals surface area (Å²) in [7, 11) is 1.54. The topological polar surface area (TPSA) is 34.5 Å². The van der Waals surface area contributed by atoms with Crippen LogP contribution in [0.25, 0.3) is 0 Å². The molecule has 0 aliphatic rings. The van der Waals surface area contributed by atoms with Crippen molar-refractivity contribution in [3.05, 3.63) is 54.0 Å². The van der Waals surface area contributed by atoms with E-state index in [2.05, 4.69) is 9.98 Å². The smallest absolute Gasteiger partial charge is 0.215 e. The average Bonchev–Trinajstić information content (AvgIpc) is 2.37. The molecule has 0 fully saturated rings. The van der Waals surface area contributed by atoms with E-state index in [-0.39, 0.29) is 5.82 Å². The summed E-state index contributed by atoms with van der Waals surface area (Å²) in [5.41, 5.74) is 1.42. The average molecular weight is 230 g/mol. The highest BCUT2D eigenvalue weighted by atomic mass is 19.1. The van der Waals surface area contributed by atoms with Crippen LogP contribution < -0.4 is 4.74 Å². The molecule has 86 valence electrons. The first-order valence-electron chi connectivity index (χ1n) is 5.07. The van der Waals surface area contributed by atoms with Crippen LogP contribution in [0.2, 0.25) is 0 Å². The predicted molar refractivity (Wildman–Crippen MR) is 64.4 cm³/mol. The van der Waals surface area contributed by atoms with Gasteiger partial charge in [-0.1, -0.05) is 12.1 Å². The number of methoxy groups -OCH3 is 1. The summed E-state index contributed by atoms with van der Waals surface area (Å²) >= 11 is 0. The molecular weight excluding hydrogens is 219 g/mol. The number of pyridine rings is 1. The van der Waals surface area contributed by atoms with Gasteiger partial charge in [0.15, 0.2) is 0 Å². The van der Waals surface area contributed by atoms with Crippen LogP contribution in [0.15, 0.2) is 47.6 Å². The zero-order valence-corrected chi connectivity index (χ0v) is 9.30. The molecule has 1 heterocycles. The number of ether oxygens (including phenoxy) is 1. The third-order valence-electron chi connectivity index (χ3n) is 2.14. The van der Waals surface area contributed by atoms with E-state index in [4.69, 9.17) is 4.74 Å². The highest BCUT2D eigenvalue weighted by molar-refractivity contribution is 5.81. The third-order valence-corrected chi connectivity index (χ3v) is 2.14. The summed E-state index contributed by atoms with van der Waals surface area (Å²) in [6.45, 7) is 0. The molecule has 1 aromatic heterocycles. The van der Waals surface area contributed by atoms with Gasteiger partial charge in [-0.2, -0.15) is 0 Å². The van der Waals surface area contributed by atoms with Crippen molar-refractivity contribution in [1.29, 1.82) is 0 Å². The fraction of sp³-hybridized carbons (Fsp3) is 0.0769. The van der Waals surface area contributed by atoms with E-state index in [0.29, 0.717) is 17.1 Å². The first-order valence-corrected chi connectivity index (χ1v) is 5.07. The van der Waals surface area contributed by atoms with Crippen molar-refractivity contribution in [2.75, 3.05) is 7.11 Å². The van der Waals surface area contributed by atoms with Crippen molar-refractivity contribution < 1.29 is 9.13 Å². The first-order chi connectivity index (χ1) is 8.28. The SMILES string of the molecule is COc1cc(/N=C/c2cccc(F)c2)ccn1. The first kappa shape index (κ1) is 11.3. The molecule has 4 heteroatoms. The van der Waals surface area contributed by atoms with Crippen LogP contribution in [0.4, 0.5) is 10.1 Å². The maximum absolute atomic E-state index is 12.9. The number of halogens is 1. The number of aliphatic imine (C=N–C) groups is 1. The van der Waals surface area contributed by atoms with Crippen LogP contribution in [-0.4, -0.2) is 18.3 Å². The molecule has 2 rings (SSSR count). The van der Waals surface area contributed by atoms with Gasteiger partial charge in [0.2, 0.25) is 5.88 Å². The molecule has 2 aromatic rings. The number of hydrogen-bond acceptors (Lipinski definition) is 3. The lowest BCUT2D eigenvalue weighted by Crippen LogP contribution is -1.85.